The third kappa shape index (κ3) is 4.54. The zero-order valence-corrected chi connectivity index (χ0v) is 14.3. The van der Waals surface area contributed by atoms with Crippen molar-refractivity contribution in [3.8, 4) is 0 Å². The Kier molecular flexibility index (Phi) is 5.58. The maximum absolute atomic E-state index is 12.7. The largest absolute Gasteiger partial charge is 0.294 e. The molecule has 0 aromatic heterocycles. The lowest BCUT2D eigenvalue weighted by Crippen LogP contribution is -2.08. The standard InChI is InChI=1S/C24H22O/c1-19(20-11-5-2-6-12-20)17-23(21-13-7-3-8-14-21)18-24(25)22-15-9-4-10-16-22/h2-16,23H,1,17-18H2/t23-/m0/s1. The molecule has 1 atom stereocenters. The second-order valence-corrected chi connectivity index (χ2v) is 6.27. The molecule has 25 heavy (non-hydrogen) atoms. The van der Waals surface area contributed by atoms with Crippen molar-refractivity contribution in [1.29, 1.82) is 0 Å². The van der Waals surface area contributed by atoms with Crippen molar-refractivity contribution in [3.05, 3.63) is 114 Å². The zero-order chi connectivity index (χ0) is 17.5. The summed E-state index contributed by atoms with van der Waals surface area (Å²) in [6.07, 6.45) is 1.26. The van der Waals surface area contributed by atoms with Gasteiger partial charge in [-0.25, -0.2) is 0 Å². The highest BCUT2D eigenvalue weighted by atomic mass is 16.1. The van der Waals surface area contributed by atoms with Gasteiger partial charge in [-0.15, -0.1) is 0 Å². The van der Waals surface area contributed by atoms with Crippen LogP contribution < -0.4 is 0 Å². The summed E-state index contributed by atoms with van der Waals surface area (Å²) in [5.74, 6) is 0.303. The Morgan fingerprint density at radius 2 is 1.16 bits per heavy atom. The number of hydrogen-bond acceptors (Lipinski definition) is 1. The van der Waals surface area contributed by atoms with E-state index in [2.05, 4.69) is 30.8 Å². The minimum atomic E-state index is 0.126. The van der Waals surface area contributed by atoms with E-state index in [0.29, 0.717) is 6.42 Å². The SMILES string of the molecule is C=C(C[C@@H](CC(=O)c1ccccc1)c1ccccc1)c1ccccc1. The lowest BCUT2D eigenvalue weighted by atomic mass is 9.85. The summed E-state index contributed by atoms with van der Waals surface area (Å²) in [7, 11) is 0. The molecule has 0 saturated heterocycles. The lowest BCUT2D eigenvalue weighted by Gasteiger charge is -2.18. The molecule has 0 bridgehead atoms. The van der Waals surface area contributed by atoms with Gasteiger partial charge in [0.2, 0.25) is 0 Å². The molecule has 1 nitrogen and oxygen atoms in total. The van der Waals surface area contributed by atoms with E-state index in [0.717, 1.165) is 23.1 Å². The van der Waals surface area contributed by atoms with Crippen LogP contribution in [0.4, 0.5) is 0 Å². The van der Waals surface area contributed by atoms with Crippen molar-refractivity contribution in [2.45, 2.75) is 18.8 Å². The number of Topliss-reactive ketones (excluding diaryl/α,β-unsaturated/α-hetero) is 1. The van der Waals surface area contributed by atoms with E-state index in [-0.39, 0.29) is 11.7 Å². The Hall–Kier alpha value is -2.93. The summed E-state index contributed by atoms with van der Waals surface area (Å²) < 4.78 is 0. The number of benzene rings is 3. The fraction of sp³-hybridized carbons (Fsp3) is 0.125. The predicted octanol–water partition coefficient (Wildman–Crippen LogP) is 6.15. The Bertz CT molecular complexity index is 766. The molecule has 0 amide bonds. The molecule has 0 radical (unpaired) electrons. The molecule has 3 aromatic carbocycles. The van der Waals surface area contributed by atoms with Crippen LogP contribution in [0.1, 0.15) is 40.2 Å². The molecule has 0 spiro atoms. The molecule has 0 heterocycles. The molecular formula is C24H22O. The number of rotatable bonds is 7. The third-order valence-corrected chi connectivity index (χ3v) is 4.47. The van der Waals surface area contributed by atoms with Gasteiger partial charge < -0.3 is 0 Å². The fourth-order valence-electron chi connectivity index (χ4n) is 3.09. The maximum atomic E-state index is 12.7. The molecule has 124 valence electrons. The average Bonchev–Trinajstić information content (AvgIpc) is 2.69. The van der Waals surface area contributed by atoms with Gasteiger partial charge in [0.25, 0.3) is 0 Å². The minimum Gasteiger partial charge on any atom is -0.294 e. The molecular weight excluding hydrogens is 304 g/mol. The molecule has 0 N–H and O–H groups in total. The van der Waals surface area contributed by atoms with E-state index in [1.54, 1.807) is 0 Å². The van der Waals surface area contributed by atoms with Gasteiger partial charge in [-0.1, -0.05) is 97.6 Å². The molecule has 3 aromatic rings. The van der Waals surface area contributed by atoms with E-state index >= 15 is 0 Å². The van der Waals surface area contributed by atoms with Crippen LogP contribution in [0, 0.1) is 0 Å². The zero-order valence-electron chi connectivity index (χ0n) is 14.3. The predicted molar refractivity (Wildman–Crippen MR) is 105 cm³/mol. The summed E-state index contributed by atoms with van der Waals surface area (Å²) >= 11 is 0. The van der Waals surface area contributed by atoms with Crippen molar-refractivity contribution in [1.82, 2.24) is 0 Å². The first-order valence-corrected chi connectivity index (χ1v) is 8.60. The molecule has 0 unspecified atom stereocenters. The van der Waals surface area contributed by atoms with Crippen molar-refractivity contribution in [2.75, 3.05) is 0 Å². The first kappa shape index (κ1) is 16.9. The van der Waals surface area contributed by atoms with E-state index < -0.39 is 0 Å². The molecule has 1 heteroatoms. The Balaban J connectivity index is 1.81. The summed E-state index contributed by atoms with van der Waals surface area (Å²) in [6.45, 7) is 4.26. The van der Waals surface area contributed by atoms with E-state index in [4.69, 9.17) is 0 Å². The van der Waals surface area contributed by atoms with Crippen molar-refractivity contribution in [2.24, 2.45) is 0 Å². The topological polar surface area (TPSA) is 17.1 Å². The van der Waals surface area contributed by atoms with Crippen LogP contribution in [0.15, 0.2) is 97.6 Å². The minimum absolute atomic E-state index is 0.126. The van der Waals surface area contributed by atoms with Gasteiger partial charge in [-0.05, 0) is 29.0 Å². The average molecular weight is 326 g/mol. The van der Waals surface area contributed by atoms with Gasteiger partial charge in [0.15, 0.2) is 5.78 Å². The van der Waals surface area contributed by atoms with Crippen LogP contribution >= 0.6 is 0 Å². The van der Waals surface area contributed by atoms with Crippen molar-refractivity contribution >= 4 is 11.4 Å². The monoisotopic (exact) mass is 326 g/mol. The number of carbonyl (C=O) groups is 1. The molecule has 0 aliphatic heterocycles. The molecule has 0 saturated carbocycles. The van der Waals surface area contributed by atoms with Crippen molar-refractivity contribution < 1.29 is 4.79 Å². The van der Waals surface area contributed by atoms with Gasteiger partial charge in [0.05, 0.1) is 0 Å². The number of carbonyl (C=O) groups excluding carboxylic acids is 1. The van der Waals surface area contributed by atoms with Crippen LogP contribution in [0.3, 0.4) is 0 Å². The lowest BCUT2D eigenvalue weighted by molar-refractivity contribution is 0.0974. The van der Waals surface area contributed by atoms with Crippen LogP contribution in [0.25, 0.3) is 5.57 Å². The van der Waals surface area contributed by atoms with E-state index in [1.165, 1.54) is 5.56 Å². The van der Waals surface area contributed by atoms with Gasteiger partial charge in [0, 0.05) is 12.0 Å². The summed E-state index contributed by atoms with van der Waals surface area (Å²) in [5.41, 5.74) is 4.16. The molecule has 0 fully saturated rings. The summed E-state index contributed by atoms with van der Waals surface area (Å²) in [5, 5.41) is 0. The van der Waals surface area contributed by atoms with Crippen LogP contribution in [-0.2, 0) is 0 Å². The normalized spacial score (nSPS) is 11.7. The van der Waals surface area contributed by atoms with Gasteiger partial charge in [-0.3, -0.25) is 4.79 Å². The highest BCUT2D eigenvalue weighted by molar-refractivity contribution is 5.96. The smallest absolute Gasteiger partial charge is 0.163 e. The van der Waals surface area contributed by atoms with E-state index in [9.17, 15) is 4.79 Å². The summed E-state index contributed by atoms with van der Waals surface area (Å²) in [4.78, 5) is 12.7. The first-order chi connectivity index (χ1) is 12.2. The second-order valence-electron chi connectivity index (χ2n) is 6.27. The summed E-state index contributed by atoms with van der Waals surface area (Å²) in [6, 6.07) is 30.0. The van der Waals surface area contributed by atoms with Gasteiger partial charge in [-0.2, -0.15) is 0 Å². The fourth-order valence-corrected chi connectivity index (χ4v) is 3.09. The number of hydrogen-bond donors (Lipinski definition) is 0. The molecule has 0 aliphatic rings. The highest BCUT2D eigenvalue weighted by Gasteiger charge is 2.18. The molecule has 3 rings (SSSR count). The Morgan fingerprint density at radius 1 is 0.680 bits per heavy atom. The third-order valence-electron chi connectivity index (χ3n) is 4.47. The van der Waals surface area contributed by atoms with E-state index in [1.807, 2.05) is 66.7 Å². The quantitative estimate of drug-likeness (QED) is 0.476. The van der Waals surface area contributed by atoms with Gasteiger partial charge >= 0.3 is 0 Å². The Morgan fingerprint density at radius 3 is 1.72 bits per heavy atom. The maximum Gasteiger partial charge on any atom is 0.163 e. The Labute approximate surface area is 149 Å². The van der Waals surface area contributed by atoms with Crippen LogP contribution in [-0.4, -0.2) is 5.78 Å². The van der Waals surface area contributed by atoms with Crippen LogP contribution in [0.5, 0.6) is 0 Å². The van der Waals surface area contributed by atoms with Crippen molar-refractivity contribution in [3.63, 3.8) is 0 Å². The second kappa shape index (κ2) is 8.25. The number of ketones is 1. The number of allylic oxidation sites excluding steroid dienone is 1. The van der Waals surface area contributed by atoms with Crippen LogP contribution in [0.2, 0.25) is 0 Å². The molecule has 0 aliphatic carbocycles. The van der Waals surface area contributed by atoms with Gasteiger partial charge in [0.1, 0.15) is 0 Å². The highest BCUT2D eigenvalue weighted by Crippen LogP contribution is 2.31. The first-order valence-electron chi connectivity index (χ1n) is 8.60.